The van der Waals surface area contributed by atoms with E-state index >= 15 is 0 Å². The van der Waals surface area contributed by atoms with Crippen molar-refractivity contribution in [3.8, 4) is 0 Å². The monoisotopic (exact) mass is 289 g/mol. The number of rotatable bonds is 7. The van der Waals surface area contributed by atoms with E-state index in [0.29, 0.717) is 13.2 Å². The number of methoxy groups -OCH3 is 1. The van der Waals surface area contributed by atoms with Gasteiger partial charge in [0.1, 0.15) is 5.60 Å². The van der Waals surface area contributed by atoms with Crippen molar-refractivity contribution in [2.45, 2.75) is 71.7 Å². The standard InChI is InChI=1S/C15H31NO4/c1-13(2,3)20-12(17)16-11-15(6,7)19-10-9-14(4,5)18-8/h9-11H2,1-8H3,(H,16,17). The van der Waals surface area contributed by atoms with Crippen LogP contribution in [0.25, 0.3) is 0 Å². The highest BCUT2D eigenvalue weighted by Gasteiger charge is 2.24. The zero-order chi connectivity index (χ0) is 16.0. The normalized spacial score (nSPS) is 13.2. The number of amides is 1. The minimum atomic E-state index is -0.489. The van der Waals surface area contributed by atoms with E-state index in [2.05, 4.69) is 5.32 Å². The molecule has 1 amide bonds. The molecule has 5 nitrogen and oxygen atoms in total. The number of carbonyl (C=O) groups excluding carboxylic acids is 1. The Hall–Kier alpha value is -0.810. The van der Waals surface area contributed by atoms with E-state index in [1.54, 1.807) is 7.11 Å². The molecule has 1 N–H and O–H groups in total. The van der Waals surface area contributed by atoms with Gasteiger partial charge in [-0.2, -0.15) is 0 Å². The Morgan fingerprint density at radius 1 is 1.00 bits per heavy atom. The van der Waals surface area contributed by atoms with Gasteiger partial charge in [-0.25, -0.2) is 4.79 Å². The van der Waals surface area contributed by atoms with E-state index in [1.165, 1.54) is 0 Å². The van der Waals surface area contributed by atoms with Gasteiger partial charge in [0.15, 0.2) is 0 Å². The van der Waals surface area contributed by atoms with Crippen LogP contribution in [-0.4, -0.2) is 43.2 Å². The van der Waals surface area contributed by atoms with Gasteiger partial charge >= 0.3 is 6.09 Å². The third-order valence-corrected chi connectivity index (χ3v) is 2.81. The molecule has 0 spiro atoms. The first kappa shape index (κ1) is 19.2. The Morgan fingerprint density at radius 3 is 2.00 bits per heavy atom. The fourth-order valence-electron chi connectivity index (χ4n) is 1.33. The van der Waals surface area contributed by atoms with Crippen LogP contribution < -0.4 is 5.32 Å². The van der Waals surface area contributed by atoms with Gasteiger partial charge in [0, 0.05) is 13.7 Å². The topological polar surface area (TPSA) is 56.8 Å². The van der Waals surface area contributed by atoms with Crippen molar-refractivity contribution >= 4 is 6.09 Å². The van der Waals surface area contributed by atoms with Crippen molar-refractivity contribution in [3.05, 3.63) is 0 Å². The van der Waals surface area contributed by atoms with Crippen LogP contribution in [-0.2, 0) is 14.2 Å². The first-order valence-electron chi connectivity index (χ1n) is 7.03. The van der Waals surface area contributed by atoms with Crippen LogP contribution in [0.3, 0.4) is 0 Å². The molecule has 20 heavy (non-hydrogen) atoms. The molecule has 0 aliphatic heterocycles. The second-order valence-corrected chi connectivity index (χ2v) is 7.18. The zero-order valence-electron chi connectivity index (χ0n) is 14.3. The number of ether oxygens (including phenoxy) is 3. The summed E-state index contributed by atoms with van der Waals surface area (Å²) in [5, 5.41) is 2.72. The summed E-state index contributed by atoms with van der Waals surface area (Å²) in [4.78, 5) is 11.6. The first-order valence-corrected chi connectivity index (χ1v) is 7.03. The maximum Gasteiger partial charge on any atom is 0.407 e. The molecule has 0 aromatic heterocycles. The quantitative estimate of drug-likeness (QED) is 0.782. The highest BCUT2D eigenvalue weighted by Crippen LogP contribution is 2.16. The lowest BCUT2D eigenvalue weighted by atomic mass is 10.1. The SMILES string of the molecule is COC(C)(C)CCOC(C)(C)CNC(=O)OC(C)(C)C. The number of carbonyl (C=O) groups is 1. The number of hydrogen-bond acceptors (Lipinski definition) is 4. The van der Waals surface area contributed by atoms with Crippen molar-refractivity contribution < 1.29 is 19.0 Å². The lowest BCUT2D eigenvalue weighted by Crippen LogP contribution is -2.43. The van der Waals surface area contributed by atoms with Crippen molar-refractivity contribution in [2.24, 2.45) is 0 Å². The van der Waals surface area contributed by atoms with E-state index in [1.807, 2.05) is 48.5 Å². The van der Waals surface area contributed by atoms with Gasteiger partial charge in [-0.1, -0.05) is 0 Å². The summed E-state index contributed by atoms with van der Waals surface area (Å²) in [6, 6.07) is 0. The Balaban J connectivity index is 4.04. The lowest BCUT2D eigenvalue weighted by molar-refractivity contribution is -0.0575. The van der Waals surface area contributed by atoms with Crippen molar-refractivity contribution in [3.63, 3.8) is 0 Å². The lowest BCUT2D eigenvalue weighted by Gasteiger charge is -2.29. The molecular weight excluding hydrogens is 258 g/mol. The summed E-state index contributed by atoms with van der Waals surface area (Å²) in [7, 11) is 1.69. The van der Waals surface area contributed by atoms with E-state index in [0.717, 1.165) is 6.42 Å². The highest BCUT2D eigenvalue weighted by molar-refractivity contribution is 5.67. The van der Waals surface area contributed by atoms with Crippen LogP contribution >= 0.6 is 0 Å². The molecule has 0 saturated carbocycles. The average molecular weight is 289 g/mol. The molecular formula is C15H31NO4. The Labute approximate surface area is 123 Å². The molecule has 0 bridgehead atoms. The molecule has 0 rings (SSSR count). The van der Waals surface area contributed by atoms with Crippen LogP contribution in [0, 0.1) is 0 Å². The maximum absolute atomic E-state index is 11.6. The summed E-state index contributed by atoms with van der Waals surface area (Å²) in [6.07, 6.45) is 0.366. The first-order chi connectivity index (χ1) is 8.87. The van der Waals surface area contributed by atoms with Gasteiger partial charge in [-0.05, 0) is 54.9 Å². The van der Waals surface area contributed by atoms with Gasteiger partial charge < -0.3 is 19.5 Å². The molecule has 0 unspecified atom stereocenters. The minimum Gasteiger partial charge on any atom is -0.444 e. The fourth-order valence-corrected chi connectivity index (χ4v) is 1.33. The average Bonchev–Trinajstić information content (AvgIpc) is 2.24. The van der Waals surface area contributed by atoms with Gasteiger partial charge in [-0.15, -0.1) is 0 Å². The Bertz CT molecular complexity index is 305. The number of nitrogens with one attached hydrogen (secondary N) is 1. The maximum atomic E-state index is 11.6. The highest BCUT2D eigenvalue weighted by atomic mass is 16.6. The second-order valence-electron chi connectivity index (χ2n) is 7.18. The summed E-state index contributed by atoms with van der Waals surface area (Å²) in [6.45, 7) is 14.4. The largest absolute Gasteiger partial charge is 0.444 e. The predicted molar refractivity (Wildman–Crippen MR) is 80.0 cm³/mol. The minimum absolute atomic E-state index is 0.200. The molecule has 0 atom stereocenters. The molecule has 120 valence electrons. The summed E-state index contributed by atoms with van der Waals surface area (Å²) in [5.74, 6) is 0. The molecule has 0 heterocycles. The molecule has 0 aliphatic rings. The van der Waals surface area contributed by atoms with Gasteiger partial charge in [0.2, 0.25) is 0 Å². The molecule has 0 fully saturated rings. The van der Waals surface area contributed by atoms with Crippen LogP contribution in [0.5, 0.6) is 0 Å². The summed E-state index contributed by atoms with van der Waals surface area (Å²) in [5.41, 5.74) is -1.13. The summed E-state index contributed by atoms with van der Waals surface area (Å²) >= 11 is 0. The van der Waals surface area contributed by atoms with Crippen LogP contribution in [0.2, 0.25) is 0 Å². The van der Waals surface area contributed by atoms with Crippen molar-refractivity contribution in [2.75, 3.05) is 20.3 Å². The van der Waals surface area contributed by atoms with Crippen LogP contribution in [0.4, 0.5) is 4.79 Å². The van der Waals surface area contributed by atoms with Crippen molar-refractivity contribution in [1.82, 2.24) is 5.32 Å². The molecule has 0 radical (unpaired) electrons. The third kappa shape index (κ3) is 10.0. The van der Waals surface area contributed by atoms with E-state index in [4.69, 9.17) is 14.2 Å². The Kier molecular flexibility index (Phi) is 6.98. The van der Waals surface area contributed by atoms with Crippen LogP contribution in [0.15, 0.2) is 0 Å². The third-order valence-electron chi connectivity index (χ3n) is 2.81. The second kappa shape index (κ2) is 7.27. The predicted octanol–water partition coefficient (Wildman–Crippen LogP) is 3.12. The van der Waals surface area contributed by atoms with E-state index in [9.17, 15) is 4.79 Å². The van der Waals surface area contributed by atoms with Gasteiger partial charge in [-0.3, -0.25) is 0 Å². The van der Waals surface area contributed by atoms with E-state index in [-0.39, 0.29) is 5.60 Å². The van der Waals surface area contributed by atoms with E-state index < -0.39 is 17.3 Å². The molecule has 0 aliphatic carbocycles. The molecule has 5 heteroatoms. The zero-order valence-corrected chi connectivity index (χ0v) is 14.3. The number of alkyl carbamates (subject to hydrolysis) is 1. The summed E-state index contributed by atoms with van der Waals surface area (Å²) < 4.78 is 16.3. The van der Waals surface area contributed by atoms with Gasteiger partial charge in [0.05, 0.1) is 17.8 Å². The van der Waals surface area contributed by atoms with Crippen LogP contribution in [0.1, 0.15) is 54.9 Å². The smallest absolute Gasteiger partial charge is 0.407 e. The Morgan fingerprint density at radius 2 is 1.55 bits per heavy atom. The van der Waals surface area contributed by atoms with Crippen molar-refractivity contribution in [1.29, 1.82) is 0 Å². The molecule has 0 aromatic rings. The molecule has 0 saturated heterocycles. The fraction of sp³-hybridized carbons (Fsp3) is 0.933. The number of hydrogen-bond donors (Lipinski definition) is 1. The van der Waals surface area contributed by atoms with Gasteiger partial charge in [0.25, 0.3) is 0 Å². The molecule has 0 aromatic carbocycles.